The maximum absolute atomic E-state index is 12.6. The van der Waals surface area contributed by atoms with E-state index in [0.717, 1.165) is 5.75 Å². The monoisotopic (exact) mass is 329 g/mol. The molecule has 3 rings (SSSR count). The van der Waals surface area contributed by atoms with Gasteiger partial charge in [0.05, 0.1) is 18.5 Å². The number of hydrogen-bond donors (Lipinski definition) is 0. The topological polar surface area (TPSA) is 56.6 Å². The molecular formula is C18H23N3O3. The zero-order valence-electron chi connectivity index (χ0n) is 14.1. The predicted octanol–water partition coefficient (Wildman–Crippen LogP) is 1.97. The lowest BCUT2D eigenvalue weighted by Crippen LogP contribution is -2.56. The number of carbonyl (C=O) groups excluding carboxylic acids is 1. The minimum Gasteiger partial charge on any atom is -0.491 e. The smallest absolute Gasteiger partial charge is 0.242 e. The van der Waals surface area contributed by atoms with Crippen molar-refractivity contribution in [1.82, 2.24) is 14.5 Å². The van der Waals surface area contributed by atoms with E-state index in [4.69, 9.17) is 9.47 Å². The molecule has 6 heteroatoms. The molecule has 0 spiro atoms. The fourth-order valence-corrected chi connectivity index (χ4v) is 2.91. The number of carbonyl (C=O) groups is 1. The molecule has 2 aromatic rings. The molecule has 128 valence electrons. The molecule has 1 saturated heterocycles. The highest BCUT2D eigenvalue weighted by Gasteiger charge is 2.35. The number of rotatable bonds is 5. The molecule has 1 aliphatic heterocycles. The van der Waals surface area contributed by atoms with E-state index in [0.29, 0.717) is 26.2 Å². The first-order valence-electron chi connectivity index (χ1n) is 8.11. The minimum absolute atomic E-state index is 0.0640. The van der Waals surface area contributed by atoms with Crippen molar-refractivity contribution in [1.29, 1.82) is 0 Å². The van der Waals surface area contributed by atoms with Crippen molar-refractivity contribution in [3.8, 4) is 5.75 Å². The van der Waals surface area contributed by atoms with Crippen molar-refractivity contribution in [2.24, 2.45) is 0 Å². The number of ether oxygens (including phenoxy) is 2. The van der Waals surface area contributed by atoms with Crippen LogP contribution in [-0.2, 0) is 16.1 Å². The molecule has 1 amide bonds. The zero-order chi connectivity index (χ0) is 17.0. The Kier molecular flexibility index (Phi) is 4.85. The van der Waals surface area contributed by atoms with Crippen LogP contribution in [0.4, 0.5) is 0 Å². The van der Waals surface area contributed by atoms with E-state index >= 15 is 0 Å². The van der Waals surface area contributed by atoms with Crippen molar-refractivity contribution in [3.05, 3.63) is 49.1 Å². The summed E-state index contributed by atoms with van der Waals surface area (Å²) in [5.41, 5.74) is -0.395. The molecular weight excluding hydrogens is 306 g/mol. The summed E-state index contributed by atoms with van der Waals surface area (Å²) in [6, 6.07) is 9.64. The summed E-state index contributed by atoms with van der Waals surface area (Å²) in [6.45, 7) is 5.81. The van der Waals surface area contributed by atoms with Gasteiger partial charge in [-0.2, -0.15) is 0 Å². The van der Waals surface area contributed by atoms with Gasteiger partial charge in [-0.3, -0.25) is 4.79 Å². The van der Waals surface area contributed by atoms with Crippen LogP contribution >= 0.6 is 0 Å². The first-order chi connectivity index (χ1) is 11.5. The number of para-hydroxylation sites is 1. The Hall–Kier alpha value is -2.34. The average molecular weight is 329 g/mol. The Morgan fingerprint density at radius 1 is 1.38 bits per heavy atom. The third-order valence-electron chi connectivity index (χ3n) is 3.89. The van der Waals surface area contributed by atoms with Crippen molar-refractivity contribution < 1.29 is 14.3 Å². The number of hydrogen-bond acceptors (Lipinski definition) is 4. The largest absolute Gasteiger partial charge is 0.491 e. The van der Waals surface area contributed by atoms with Crippen LogP contribution in [0.1, 0.15) is 13.8 Å². The number of nitrogens with zero attached hydrogens (tertiary/aromatic N) is 3. The summed E-state index contributed by atoms with van der Waals surface area (Å²) in [5, 5.41) is 0. The van der Waals surface area contributed by atoms with Gasteiger partial charge < -0.3 is 18.9 Å². The van der Waals surface area contributed by atoms with Crippen molar-refractivity contribution >= 4 is 5.91 Å². The molecule has 1 atom stereocenters. The van der Waals surface area contributed by atoms with Crippen molar-refractivity contribution in [2.75, 3.05) is 19.7 Å². The molecule has 0 radical (unpaired) electrons. The Morgan fingerprint density at radius 2 is 2.17 bits per heavy atom. The van der Waals surface area contributed by atoms with E-state index < -0.39 is 5.60 Å². The van der Waals surface area contributed by atoms with Crippen LogP contribution in [0, 0.1) is 0 Å². The van der Waals surface area contributed by atoms with Gasteiger partial charge in [0.1, 0.15) is 25.0 Å². The van der Waals surface area contributed by atoms with Gasteiger partial charge in [-0.1, -0.05) is 18.2 Å². The van der Waals surface area contributed by atoms with Crippen LogP contribution in [0.3, 0.4) is 0 Å². The van der Waals surface area contributed by atoms with Gasteiger partial charge in [0.2, 0.25) is 5.91 Å². The highest BCUT2D eigenvalue weighted by Crippen LogP contribution is 2.22. The Bertz CT molecular complexity index is 655. The van der Waals surface area contributed by atoms with Crippen LogP contribution in [-0.4, -0.2) is 51.8 Å². The normalized spacial score (nSPS) is 19.9. The van der Waals surface area contributed by atoms with Gasteiger partial charge in [0.15, 0.2) is 0 Å². The molecule has 2 heterocycles. The van der Waals surface area contributed by atoms with E-state index in [9.17, 15) is 4.79 Å². The number of morpholine rings is 1. The maximum Gasteiger partial charge on any atom is 0.242 e. The third-order valence-corrected chi connectivity index (χ3v) is 3.89. The Morgan fingerprint density at radius 3 is 2.88 bits per heavy atom. The first-order valence-corrected chi connectivity index (χ1v) is 8.11. The van der Waals surface area contributed by atoms with Gasteiger partial charge in [0, 0.05) is 18.9 Å². The zero-order valence-corrected chi connectivity index (χ0v) is 14.1. The van der Waals surface area contributed by atoms with Gasteiger partial charge in [0.25, 0.3) is 0 Å². The van der Waals surface area contributed by atoms with E-state index in [1.165, 1.54) is 0 Å². The highest BCUT2D eigenvalue weighted by atomic mass is 16.5. The van der Waals surface area contributed by atoms with Crippen LogP contribution in [0.15, 0.2) is 49.1 Å². The standard InChI is InChI=1S/C18H23N3O3/c1-18(2)13-21(17(22)11-20-9-8-19-14-20)10-16(24-18)12-23-15-6-4-3-5-7-15/h3-9,14,16H,10-13H2,1-2H3. The average Bonchev–Trinajstić information content (AvgIpc) is 3.05. The number of imidazole rings is 1. The summed E-state index contributed by atoms with van der Waals surface area (Å²) in [4.78, 5) is 18.4. The van der Waals surface area contributed by atoms with Gasteiger partial charge in [-0.05, 0) is 26.0 Å². The SMILES string of the molecule is CC1(C)CN(C(=O)Cn2ccnc2)CC(COc2ccccc2)O1. The van der Waals surface area contributed by atoms with Gasteiger partial charge >= 0.3 is 0 Å². The molecule has 0 saturated carbocycles. The molecule has 0 N–H and O–H groups in total. The molecule has 1 aromatic carbocycles. The molecule has 1 fully saturated rings. The van der Waals surface area contributed by atoms with Crippen LogP contribution in [0.5, 0.6) is 5.75 Å². The third kappa shape index (κ3) is 4.35. The van der Waals surface area contributed by atoms with E-state index in [1.807, 2.05) is 49.1 Å². The molecule has 6 nitrogen and oxygen atoms in total. The molecule has 1 aromatic heterocycles. The number of amides is 1. The summed E-state index contributed by atoms with van der Waals surface area (Å²) in [5.74, 6) is 0.870. The molecule has 0 aliphatic carbocycles. The fourth-order valence-electron chi connectivity index (χ4n) is 2.91. The summed E-state index contributed by atoms with van der Waals surface area (Å²) in [6.07, 6.45) is 4.96. The minimum atomic E-state index is -0.395. The lowest BCUT2D eigenvalue weighted by Gasteiger charge is -2.42. The Balaban J connectivity index is 1.60. The highest BCUT2D eigenvalue weighted by molar-refractivity contribution is 5.76. The Labute approximate surface area is 142 Å². The summed E-state index contributed by atoms with van der Waals surface area (Å²) in [7, 11) is 0. The lowest BCUT2D eigenvalue weighted by molar-refractivity contribution is -0.166. The second-order valence-corrected chi connectivity index (χ2v) is 6.63. The number of aromatic nitrogens is 2. The molecule has 1 aliphatic rings. The fraction of sp³-hybridized carbons (Fsp3) is 0.444. The molecule has 0 bridgehead atoms. The second-order valence-electron chi connectivity index (χ2n) is 6.63. The van der Waals surface area contributed by atoms with E-state index in [2.05, 4.69) is 4.98 Å². The quantitative estimate of drug-likeness (QED) is 0.841. The van der Waals surface area contributed by atoms with Crippen LogP contribution in [0.25, 0.3) is 0 Å². The maximum atomic E-state index is 12.6. The van der Waals surface area contributed by atoms with E-state index in [1.54, 1.807) is 23.3 Å². The summed E-state index contributed by atoms with van der Waals surface area (Å²) < 4.78 is 13.6. The van der Waals surface area contributed by atoms with Crippen LogP contribution < -0.4 is 4.74 Å². The summed E-state index contributed by atoms with van der Waals surface area (Å²) >= 11 is 0. The molecule has 1 unspecified atom stereocenters. The van der Waals surface area contributed by atoms with Crippen molar-refractivity contribution in [3.63, 3.8) is 0 Å². The second kappa shape index (κ2) is 7.05. The van der Waals surface area contributed by atoms with Crippen molar-refractivity contribution in [2.45, 2.75) is 32.1 Å². The number of benzene rings is 1. The predicted molar refractivity (Wildman–Crippen MR) is 89.7 cm³/mol. The lowest BCUT2D eigenvalue weighted by atomic mass is 10.1. The first kappa shape index (κ1) is 16.5. The van der Waals surface area contributed by atoms with Gasteiger partial charge in [-0.15, -0.1) is 0 Å². The van der Waals surface area contributed by atoms with E-state index in [-0.39, 0.29) is 12.0 Å². The van der Waals surface area contributed by atoms with Gasteiger partial charge in [-0.25, -0.2) is 4.98 Å². The van der Waals surface area contributed by atoms with Crippen LogP contribution in [0.2, 0.25) is 0 Å². The molecule has 24 heavy (non-hydrogen) atoms.